The molecule has 0 heterocycles. The SMILES string of the molecule is CC(C)(C)NS(=O)(=O)NCC1(CO)CCCC1. The molecule has 0 bridgehead atoms. The Morgan fingerprint density at radius 1 is 1.24 bits per heavy atom. The van der Waals surface area contributed by atoms with Gasteiger partial charge < -0.3 is 5.11 Å². The fourth-order valence-corrected chi connectivity index (χ4v) is 3.58. The normalized spacial score (nSPS) is 20.7. The number of rotatable bonds is 5. The topological polar surface area (TPSA) is 78.4 Å². The summed E-state index contributed by atoms with van der Waals surface area (Å²) in [6.45, 7) is 5.75. The maximum absolute atomic E-state index is 11.8. The summed E-state index contributed by atoms with van der Waals surface area (Å²) in [6.07, 6.45) is 3.91. The van der Waals surface area contributed by atoms with Crippen LogP contribution in [0.4, 0.5) is 0 Å². The number of hydrogen-bond acceptors (Lipinski definition) is 3. The van der Waals surface area contributed by atoms with Crippen LogP contribution in [0, 0.1) is 5.41 Å². The zero-order chi connectivity index (χ0) is 13.2. The van der Waals surface area contributed by atoms with Crippen molar-refractivity contribution in [2.24, 2.45) is 5.41 Å². The van der Waals surface area contributed by atoms with Crippen molar-refractivity contribution >= 4 is 10.2 Å². The van der Waals surface area contributed by atoms with Crippen molar-refractivity contribution in [1.29, 1.82) is 0 Å². The molecule has 1 saturated carbocycles. The summed E-state index contributed by atoms with van der Waals surface area (Å²) in [5.41, 5.74) is -0.749. The molecule has 3 N–H and O–H groups in total. The molecule has 102 valence electrons. The van der Waals surface area contributed by atoms with Gasteiger partial charge in [0.25, 0.3) is 10.2 Å². The van der Waals surface area contributed by atoms with Crippen LogP contribution < -0.4 is 9.44 Å². The summed E-state index contributed by atoms with van der Waals surface area (Å²) in [6, 6.07) is 0. The van der Waals surface area contributed by atoms with Gasteiger partial charge in [-0.15, -0.1) is 0 Å². The van der Waals surface area contributed by atoms with Gasteiger partial charge in [-0.25, -0.2) is 4.72 Å². The molecule has 0 atom stereocenters. The van der Waals surface area contributed by atoms with Crippen molar-refractivity contribution in [3.63, 3.8) is 0 Å². The lowest BCUT2D eigenvalue weighted by atomic mass is 9.88. The van der Waals surface area contributed by atoms with Gasteiger partial charge in [0.15, 0.2) is 0 Å². The standard InChI is InChI=1S/C11H24N2O3S/c1-10(2,3)13-17(15,16)12-8-11(9-14)6-4-5-7-11/h12-14H,4-9H2,1-3H3. The minimum Gasteiger partial charge on any atom is -0.396 e. The van der Waals surface area contributed by atoms with Gasteiger partial charge in [-0.1, -0.05) is 12.8 Å². The highest BCUT2D eigenvalue weighted by Gasteiger charge is 2.34. The van der Waals surface area contributed by atoms with Crippen LogP contribution in [0.3, 0.4) is 0 Å². The summed E-state index contributed by atoms with van der Waals surface area (Å²) >= 11 is 0. The molecule has 5 nitrogen and oxygen atoms in total. The van der Waals surface area contributed by atoms with Crippen molar-refractivity contribution in [3.8, 4) is 0 Å². The smallest absolute Gasteiger partial charge is 0.277 e. The molecule has 1 aliphatic rings. The van der Waals surface area contributed by atoms with Gasteiger partial charge in [0.2, 0.25) is 0 Å². The van der Waals surface area contributed by atoms with Crippen molar-refractivity contribution in [3.05, 3.63) is 0 Å². The highest BCUT2D eigenvalue weighted by molar-refractivity contribution is 7.87. The van der Waals surface area contributed by atoms with Crippen LogP contribution in [0.15, 0.2) is 0 Å². The zero-order valence-electron chi connectivity index (χ0n) is 10.9. The van der Waals surface area contributed by atoms with Crippen LogP contribution in [-0.2, 0) is 10.2 Å². The Kier molecular flexibility index (Phi) is 4.57. The molecule has 0 radical (unpaired) electrons. The van der Waals surface area contributed by atoms with Crippen LogP contribution in [0.25, 0.3) is 0 Å². The van der Waals surface area contributed by atoms with E-state index in [0.29, 0.717) is 6.54 Å². The Morgan fingerprint density at radius 3 is 2.18 bits per heavy atom. The first-order valence-electron chi connectivity index (χ1n) is 6.08. The fraction of sp³-hybridized carbons (Fsp3) is 1.00. The van der Waals surface area contributed by atoms with E-state index in [1.165, 1.54) is 0 Å². The van der Waals surface area contributed by atoms with Gasteiger partial charge in [-0.3, -0.25) is 0 Å². The summed E-state index contributed by atoms with van der Waals surface area (Å²) in [5, 5.41) is 9.39. The molecule has 0 unspecified atom stereocenters. The number of hydrogen-bond donors (Lipinski definition) is 3. The van der Waals surface area contributed by atoms with Crippen molar-refractivity contribution < 1.29 is 13.5 Å². The van der Waals surface area contributed by atoms with Gasteiger partial charge in [-0.05, 0) is 33.6 Å². The van der Waals surface area contributed by atoms with Crippen molar-refractivity contribution in [1.82, 2.24) is 9.44 Å². The molecule has 0 spiro atoms. The molecular weight excluding hydrogens is 240 g/mol. The molecule has 0 aromatic rings. The van der Waals surface area contributed by atoms with Crippen molar-refractivity contribution in [2.75, 3.05) is 13.2 Å². The molecule has 6 heteroatoms. The molecule has 0 aliphatic heterocycles. The quantitative estimate of drug-likeness (QED) is 0.686. The monoisotopic (exact) mass is 264 g/mol. The lowest BCUT2D eigenvalue weighted by Gasteiger charge is -2.28. The minimum absolute atomic E-state index is 0.0467. The van der Waals surface area contributed by atoms with Gasteiger partial charge in [0.05, 0.1) is 0 Å². The molecule has 17 heavy (non-hydrogen) atoms. The van der Waals surface area contributed by atoms with Crippen LogP contribution in [0.2, 0.25) is 0 Å². The molecule has 0 amide bonds. The predicted octanol–water partition coefficient (Wildman–Crippen LogP) is 0.762. The van der Waals surface area contributed by atoms with Crippen LogP contribution in [-0.4, -0.2) is 32.2 Å². The first kappa shape index (κ1) is 14.9. The third-order valence-electron chi connectivity index (χ3n) is 3.08. The molecule has 1 rings (SSSR count). The van der Waals surface area contributed by atoms with E-state index in [9.17, 15) is 13.5 Å². The molecule has 0 aromatic heterocycles. The van der Waals surface area contributed by atoms with Crippen LogP contribution >= 0.6 is 0 Å². The number of aliphatic hydroxyl groups is 1. The van der Waals surface area contributed by atoms with E-state index in [1.54, 1.807) is 20.8 Å². The maximum atomic E-state index is 11.8. The van der Waals surface area contributed by atoms with Gasteiger partial charge >= 0.3 is 0 Å². The first-order valence-corrected chi connectivity index (χ1v) is 7.56. The molecule has 1 fully saturated rings. The van der Waals surface area contributed by atoms with Crippen LogP contribution in [0.1, 0.15) is 46.5 Å². The minimum atomic E-state index is -3.49. The third kappa shape index (κ3) is 4.91. The summed E-state index contributed by atoms with van der Waals surface area (Å²) in [7, 11) is -3.49. The van der Waals surface area contributed by atoms with Gasteiger partial charge in [0.1, 0.15) is 0 Å². The Morgan fingerprint density at radius 2 is 1.76 bits per heavy atom. The molecule has 0 saturated heterocycles. The fourth-order valence-electron chi connectivity index (χ4n) is 2.20. The number of nitrogens with one attached hydrogen (secondary N) is 2. The summed E-state index contributed by atoms with van der Waals surface area (Å²) in [5.74, 6) is 0. The molecule has 1 aliphatic carbocycles. The Bertz CT molecular complexity index is 340. The number of aliphatic hydroxyl groups excluding tert-OH is 1. The van der Waals surface area contributed by atoms with E-state index in [-0.39, 0.29) is 12.0 Å². The maximum Gasteiger partial charge on any atom is 0.277 e. The molecule has 0 aromatic carbocycles. The zero-order valence-corrected chi connectivity index (χ0v) is 11.7. The van der Waals surface area contributed by atoms with E-state index >= 15 is 0 Å². The van der Waals surface area contributed by atoms with E-state index in [2.05, 4.69) is 9.44 Å². The summed E-state index contributed by atoms with van der Waals surface area (Å²) in [4.78, 5) is 0. The predicted molar refractivity (Wildman–Crippen MR) is 67.8 cm³/mol. The average Bonchev–Trinajstić information content (AvgIpc) is 2.60. The van der Waals surface area contributed by atoms with E-state index in [4.69, 9.17) is 0 Å². The highest BCUT2D eigenvalue weighted by atomic mass is 32.2. The van der Waals surface area contributed by atoms with E-state index < -0.39 is 15.7 Å². The second kappa shape index (κ2) is 5.22. The van der Waals surface area contributed by atoms with Gasteiger partial charge in [-0.2, -0.15) is 13.1 Å². The Balaban J connectivity index is 2.54. The first-order chi connectivity index (χ1) is 7.68. The Labute approximate surface area is 104 Å². The molecular formula is C11H24N2O3S. The second-order valence-corrected chi connectivity index (χ2v) is 7.54. The van der Waals surface area contributed by atoms with Crippen molar-refractivity contribution in [2.45, 2.75) is 52.0 Å². The van der Waals surface area contributed by atoms with Crippen LogP contribution in [0.5, 0.6) is 0 Å². The lowest BCUT2D eigenvalue weighted by Crippen LogP contribution is -2.49. The lowest BCUT2D eigenvalue weighted by molar-refractivity contribution is 0.134. The Hall–Kier alpha value is -0.170. The highest BCUT2D eigenvalue weighted by Crippen LogP contribution is 2.36. The third-order valence-corrected chi connectivity index (χ3v) is 4.48. The van der Waals surface area contributed by atoms with E-state index in [0.717, 1.165) is 25.7 Å². The van der Waals surface area contributed by atoms with E-state index in [1.807, 2.05) is 0 Å². The largest absolute Gasteiger partial charge is 0.396 e. The summed E-state index contributed by atoms with van der Waals surface area (Å²) < 4.78 is 28.6. The van der Waals surface area contributed by atoms with Gasteiger partial charge in [0, 0.05) is 24.1 Å². The second-order valence-electron chi connectivity index (χ2n) is 6.04. The average molecular weight is 264 g/mol.